The molecule has 2 aromatic heterocycles. The average molecular weight is 220 g/mol. The first-order valence-corrected chi connectivity index (χ1v) is 4.67. The van der Waals surface area contributed by atoms with Gasteiger partial charge >= 0.3 is 0 Å². The third-order valence-corrected chi connectivity index (χ3v) is 2.07. The molecule has 2 rings (SSSR count). The molecule has 2 heterocycles. The highest BCUT2D eigenvalue weighted by atomic mass is 16.3. The van der Waals surface area contributed by atoms with Crippen LogP contribution in [0, 0.1) is 6.92 Å². The Hall–Kier alpha value is -2.31. The highest BCUT2D eigenvalue weighted by Gasteiger charge is 2.04. The molecule has 5 N–H and O–H groups in total. The van der Waals surface area contributed by atoms with E-state index in [4.69, 9.17) is 15.9 Å². The highest BCUT2D eigenvalue weighted by molar-refractivity contribution is 5.38. The van der Waals surface area contributed by atoms with Gasteiger partial charge in [0, 0.05) is 12.1 Å². The number of nitrogens with two attached hydrogens (primary N) is 2. The second-order valence-corrected chi connectivity index (χ2v) is 3.31. The summed E-state index contributed by atoms with van der Waals surface area (Å²) in [6, 6.07) is 0. The Kier molecular flexibility index (Phi) is 2.59. The SMILES string of the molecule is Cc1cocc1CNc1nc(N)nc(N)n1. The van der Waals surface area contributed by atoms with Gasteiger partial charge in [0.05, 0.1) is 12.5 Å². The van der Waals surface area contributed by atoms with Gasteiger partial charge in [0.25, 0.3) is 0 Å². The van der Waals surface area contributed by atoms with E-state index in [9.17, 15) is 0 Å². The van der Waals surface area contributed by atoms with Gasteiger partial charge in [-0.05, 0) is 12.5 Å². The first-order valence-electron chi connectivity index (χ1n) is 4.67. The van der Waals surface area contributed by atoms with E-state index in [1.807, 2.05) is 6.92 Å². The molecule has 0 aliphatic heterocycles. The van der Waals surface area contributed by atoms with Crippen molar-refractivity contribution in [2.75, 3.05) is 16.8 Å². The number of hydrogen-bond donors (Lipinski definition) is 3. The van der Waals surface area contributed by atoms with E-state index in [2.05, 4.69) is 20.3 Å². The van der Waals surface area contributed by atoms with Crippen molar-refractivity contribution >= 4 is 17.8 Å². The van der Waals surface area contributed by atoms with E-state index >= 15 is 0 Å². The lowest BCUT2D eigenvalue weighted by atomic mass is 10.2. The summed E-state index contributed by atoms with van der Waals surface area (Å²) >= 11 is 0. The third kappa shape index (κ3) is 2.19. The number of anilines is 3. The molecule has 7 heteroatoms. The largest absolute Gasteiger partial charge is 0.472 e. The Labute approximate surface area is 91.9 Å². The van der Waals surface area contributed by atoms with Crippen LogP contribution >= 0.6 is 0 Å². The van der Waals surface area contributed by atoms with Crippen molar-refractivity contribution in [3.05, 3.63) is 23.7 Å². The summed E-state index contributed by atoms with van der Waals surface area (Å²) in [5.74, 6) is 0.545. The van der Waals surface area contributed by atoms with E-state index in [-0.39, 0.29) is 11.9 Å². The summed E-state index contributed by atoms with van der Waals surface area (Å²) in [6.07, 6.45) is 3.34. The Morgan fingerprint density at radius 1 is 1.19 bits per heavy atom. The van der Waals surface area contributed by atoms with Crippen LogP contribution in [0.3, 0.4) is 0 Å². The normalized spacial score (nSPS) is 10.3. The van der Waals surface area contributed by atoms with Crippen LogP contribution in [0.15, 0.2) is 16.9 Å². The molecule has 0 saturated heterocycles. The Morgan fingerprint density at radius 2 is 1.88 bits per heavy atom. The zero-order valence-electron chi connectivity index (χ0n) is 8.77. The van der Waals surface area contributed by atoms with E-state index in [1.165, 1.54) is 0 Å². The lowest BCUT2D eigenvalue weighted by Gasteiger charge is -2.04. The van der Waals surface area contributed by atoms with Gasteiger partial charge in [-0.3, -0.25) is 0 Å². The predicted octanol–water partition coefficient (Wildman–Crippen LogP) is 0.550. The molecule has 0 radical (unpaired) electrons. The van der Waals surface area contributed by atoms with Crippen LogP contribution in [-0.2, 0) is 6.54 Å². The van der Waals surface area contributed by atoms with Gasteiger partial charge in [-0.2, -0.15) is 15.0 Å². The fourth-order valence-corrected chi connectivity index (χ4v) is 1.23. The molecule has 0 spiro atoms. The molecule has 0 aromatic carbocycles. The van der Waals surface area contributed by atoms with E-state index in [1.54, 1.807) is 12.5 Å². The summed E-state index contributed by atoms with van der Waals surface area (Å²) in [5, 5.41) is 2.99. The average Bonchev–Trinajstić information content (AvgIpc) is 2.59. The van der Waals surface area contributed by atoms with Gasteiger partial charge < -0.3 is 21.2 Å². The Balaban J connectivity index is 2.07. The lowest BCUT2D eigenvalue weighted by Crippen LogP contribution is -2.09. The van der Waals surface area contributed by atoms with Gasteiger partial charge in [-0.25, -0.2) is 0 Å². The van der Waals surface area contributed by atoms with Crippen LogP contribution in [0.4, 0.5) is 17.8 Å². The number of furan rings is 1. The molecule has 7 nitrogen and oxygen atoms in total. The van der Waals surface area contributed by atoms with Crippen LogP contribution in [0.5, 0.6) is 0 Å². The number of aromatic nitrogens is 3. The van der Waals surface area contributed by atoms with Crippen LogP contribution in [0.2, 0.25) is 0 Å². The fraction of sp³-hybridized carbons (Fsp3) is 0.222. The number of nitrogen functional groups attached to an aromatic ring is 2. The molecular weight excluding hydrogens is 208 g/mol. The number of rotatable bonds is 3. The third-order valence-electron chi connectivity index (χ3n) is 2.07. The quantitative estimate of drug-likeness (QED) is 0.691. The van der Waals surface area contributed by atoms with Crippen molar-refractivity contribution in [3.8, 4) is 0 Å². The zero-order valence-corrected chi connectivity index (χ0v) is 8.77. The first kappa shape index (κ1) is 10.2. The second kappa shape index (κ2) is 4.05. The molecule has 0 unspecified atom stereocenters. The zero-order chi connectivity index (χ0) is 11.5. The molecule has 0 bridgehead atoms. The van der Waals surface area contributed by atoms with Crippen LogP contribution < -0.4 is 16.8 Å². The van der Waals surface area contributed by atoms with Crippen molar-refractivity contribution in [3.63, 3.8) is 0 Å². The van der Waals surface area contributed by atoms with Crippen molar-refractivity contribution in [2.24, 2.45) is 0 Å². The van der Waals surface area contributed by atoms with E-state index in [0.717, 1.165) is 11.1 Å². The van der Waals surface area contributed by atoms with Gasteiger partial charge in [-0.15, -0.1) is 0 Å². The summed E-state index contributed by atoms with van der Waals surface area (Å²) in [4.78, 5) is 11.5. The van der Waals surface area contributed by atoms with Crippen LogP contribution in [-0.4, -0.2) is 15.0 Å². The number of nitrogens with one attached hydrogen (secondary N) is 1. The maximum absolute atomic E-state index is 5.44. The minimum atomic E-state index is 0.0962. The molecule has 0 atom stereocenters. The summed E-state index contributed by atoms with van der Waals surface area (Å²) in [6.45, 7) is 2.50. The van der Waals surface area contributed by atoms with Gasteiger partial charge in [0.2, 0.25) is 17.8 Å². The fourth-order valence-electron chi connectivity index (χ4n) is 1.23. The number of aryl methyl sites for hydroxylation is 1. The van der Waals surface area contributed by atoms with Crippen LogP contribution in [0.25, 0.3) is 0 Å². The summed E-state index contributed by atoms with van der Waals surface area (Å²) < 4.78 is 5.04. The summed E-state index contributed by atoms with van der Waals surface area (Å²) in [7, 11) is 0. The second-order valence-electron chi connectivity index (χ2n) is 3.31. The van der Waals surface area contributed by atoms with Crippen molar-refractivity contribution < 1.29 is 4.42 Å². The molecule has 84 valence electrons. The monoisotopic (exact) mass is 220 g/mol. The highest BCUT2D eigenvalue weighted by Crippen LogP contribution is 2.11. The van der Waals surface area contributed by atoms with E-state index in [0.29, 0.717) is 12.5 Å². The first-order chi connectivity index (χ1) is 7.65. The van der Waals surface area contributed by atoms with Gasteiger partial charge in [-0.1, -0.05) is 0 Å². The minimum Gasteiger partial charge on any atom is -0.472 e. The predicted molar refractivity (Wildman–Crippen MR) is 59.4 cm³/mol. The molecule has 0 amide bonds. The standard InChI is InChI=1S/C9H12N6O/c1-5-3-16-4-6(5)2-12-9-14-7(10)13-8(11)15-9/h3-4H,2H2,1H3,(H5,10,11,12,13,14,15). The smallest absolute Gasteiger partial charge is 0.229 e. The maximum Gasteiger partial charge on any atom is 0.229 e. The number of nitrogens with zero attached hydrogens (tertiary/aromatic N) is 3. The topological polar surface area (TPSA) is 116 Å². The van der Waals surface area contributed by atoms with Crippen molar-refractivity contribution in [1.82, 2.24) is 15.0 Å². The van der Waals surface area contributed by atoms with E-state index < -0.39 is 0 Å². The van der Waals surface area contributed by atoms with Gasteiger partial charge in [0.15, 0.2) is 0 Å². The maximum atomic E-state index is 5.44. The molecule has 0 fully saturated rings. The Morgan fingerprint density at radius 3 is 2.44 bits per heavy atom. The Bertz CT molecular complexity index is 474. The molecule has 16 heavy (non-hydrogen) atoms. The lowest BCUT2D eigenvalue weighted by molar-refractivity contribution is 0.563. The van der Waals surface area contributed by atoms with Crippen molar-refractivity contribution in [1.29, 1.82) is 0 Å². The molecule has 0 aliphatic carbocycles. The molecular formula is C9H12N6O. The summed E-state index contributed by atoms with van der Waals surface area (Å²) in [5.41, 5.74) is 13.0. The molecule has 0 aliphatic rings. The molecule has 0 saturated carbocycles. The number of hydrogen-bond acceptors (Lipinski definition) is 7. The minimum absolute atomic E-state index is 0.0962. The van der Waals surface area contributed by atoms with Crippen LogP contribution in [0.1, 0.15) is 11.1 Å². The van der Waals surface area contributed by atoms with Gasteiger partial charge in [0.1, 0.15) is 0 Å². The molecule has 2 aromatic rings. The van der Waals surface area contributed by atoms with Crippen molar-refractivity contribution in [2.45, 2.75) is 13.5 Å².